The summed E-state index contributed by atoms with van der Waals surface area (Å²) >= 11 is 6.80. The van der Waals surface area contributed by atoms with Gasteiger partial charge in [-0.15, -0.1) is 0 Å². The first-order valence-corrected chi connectivity index (χ1v) is 7.13. The van der Waals surface area contributed by atoms with Gasteiger partial charge >= 0.3 is 0 Å². The molecule has 3 nitrogen and oxygen atoms in total. The van der Waals surface area contributed by atoms with Gasteiger partial charge in [0.05, 0.1) is 22.8 Å². The highest BCUT2D eigenvalue weighted by Gasteiger charge is 2.09. The second kappa shape index (κ2) is 6.25. The third-order valence-corrected chi connectivity index (χ3v) is 3.89. The fourth-order valence-electron chi connectivity index (χ4n) is 1.62. The first kappa shape index (κ1) is 14.8. The normalized spacial score (nSPS) is 9.95. The highest BCUT2D eigenvalue weighted by atomic mass is 79.9. The quantitative estimate of drug-likeness (QED) is 0.791. The summed E-state index contributed by atoms with van der Waals surface area (Å²) in [6.07, 6.45) is 0. The van der Waals surface area contributed by atoms with E-state index in [0.717, 1.165) is 14.6 Å². The molecule has 1 N–H and O–H groups in total. The summed E-state index contributed by atoms with van der Waals surface area (Å²) in [5, 5.41) is 11.8. The van der Waals surface area contributed by atoms with Crippen molar-refractivity contribution in [1.82, 2.24) is 0 Å². The maximum absolute atomic E-state index is 13.6. The predicted octanol–water partition coefficient (Wildman–Crippen LogP) is 4.97. The van der Waals surface area contributed by atoms with Crippen LogP contribution in [0.5, 0.6) is 5.75 Å². The summed E-state index contributed by atoms with van der Waals surface area (Å²) in [6.45, 7) is 0. The first-order chi connectivity index (χ1) is 9.55. The van der Waals surface area contributed by atoms with Gasteiger partial charge < -0.3 is 10.1 Å². The van der Waals surface area contributed by atoms with Gasteiger partial charge in [-0.05, 0) is 56.1 Å². The number of nitrogens with zero attached hydrogens (tertiary/aromatic N) is 1. The molecule has 0 bridgehead atoms. The van der Waals surface area contributed by atoms with Gasteiger partial charge in [-0.3, -0.25) is 0 Å². The fraction of sp³-hybridized carbons (Fsp3) is 0.0714. The van der Waals surface area contributed by atoms with Crippen LogP contribution in [0.15, 0.2) is 39.3 Å². The molecule has 0 unspecified atom stereocenters. The van der Waals surface area contributed by atoms with Crippen molar-refractivity contribution in [3.8, 4) is 11.8 Å². The Hall–Kier alpha value is -1.58. The maximum Gasteiger partial charge on any atom is 0.143 e. The summed E-state index contributed by atoms with van der Waals surface area (Å²) in [5.41, 5.74) is 1.30. The molecule has 0 aromatic heterocycles. The van der Waals surface area contributed by atoms with Crippen molar-refractivity contribution in [2.75, 3.05) is 12.4 Å². The van der Waals surface area contributed by atoms with Crippen molar-refractivity contribution >= 4 is 43.2 Å². The van der Waals surface area contributed by atoms with E-state index in [0.29, 0.717) is 11.4 Å². The van der Waals surface area contributed by atoms with E-state index in [-0.39, 0.29) is 5.56 Å². The van der Waals surface area contributed by atoms with Crippen LogP contribution >= 0.6 is 31.9 Å². The third kappa shape index (κ3) is 3.11. The van der Waals surface area contributed by atoms with E-state index in [1.165, 1.54) is 12.1 Å². The molecule has 0 radical (unpaired) electrons. The second-order valence-electron chi connectivity index (χ2n) is 3.90. The van der Waals surface area contributed by atoms with Crippen molar-refractivity contribution in [2.45, 2.75) is 0 Å². The number of hydrogen-bond donors (Lipinski definition) is 1. The van der Waals surface area contributed by atoms with E-state index in [4.69, 9.17) is 10.00 Å². The largest absolute Gasteiger partial charge is 0.495 e. The maximum atomic E-state index is 13.6. The average molecular weight is 400 g/mol. The SMILES string of the molecule is COc1cc(Nc2ccc(C#N)c(F)c2)c(Br)cc1Br. The van der Waals surface area contributed by atoms with Gasteiger partial charge in [-0.1, -0.05) is 0 Å². The highest BCUT2D eigenvalue weighted by Crippen LogP contribution is 2.36. The van der Waals surface area contributed by atoms with E-state index >= 15 is 0 Å². The van der Waals surface area contributed by atoms with Gasteiger partial charge in [-0.25, -0.2) is 4.39 Å². The highest BCUT2D eigenvalue weighted by molar-refractivity contribution is 9.11. The Balaban J connectivity index is 2.35. The zero-order chi connectivity index (χ0) is 14.7. The molecule has 0 saturated heterocycles. The van der Waals surface area contributed by atoms with Gasteiger partial charge in [0.2, 0.25) is 0 Å². The molecule has 20 heavy (non-hydrogen) atoms. The van der Waals surface area contributed by atoms with Crippen molar-refractivity contribution in [2.24, 2.45) is 0 Å². The minimum Gasteiger partial charge on any atom is -0.495 e. The Kier molecular flexibility index (Phi) is 4.63. The molecule has 0 aliphatic rings. The van der Waals surface area contributed by atoms with Gasteiger partial charge in [-0.2, -0.15) is 5.26 Å². The second-order valence-corrected chi connectivity index (χ2v) is 5.61. The molecule has 2 aromatic rings. The molecule has 2 aromatic carbocycles. The molecule has 102 valence electrons. The number of methoxy groups -OCH3 is 1. The van der Waals surface area contributed by atoms with Crippen molar-refractivity contribution < 1.29 is 9.13 Å². The van der Waals surface area contributed by atoms with Crippen molar-refractivity contribution in [3.05, 3.63) is 50.7 Å². The minimum atomic E-state index is -0.558. The topological polar surface area (TPSA) is 45.0 Å². The first-order valence-electron chi connectivity index (χ1n) is 5.55. The van der Waals surface area contributed by atoms with Gasteiger partial charge in [0.25, 0.3) is 0 Å². The molecule has 0 aliphatic carbocycles. The predicted molar refractivity (Wildman–Crippen MR) is 82.8 cm³/mol. The zero-order valence-electron chi connectivity index (χ0n) is 10.4. The van der Waals surface area contributed by atoms with E-state index < -0.39 is 5.82 Å². The van der Waals surface area contributed by atoms with Crippen molar-refractivity contribution in [3.63, 3.8) is 0 Å². The molecule has 6 heteroatoms. The number of nitrogens with one attached hydrogen (secondary N) is 1. The molecule has 0 amide bonds. The Labute approximate surface area is 132 Å². The summed E-state index contributed by atoms with van der Waals surface area (Å²) in [4.78, 5) is 0. The van der Waals surface area contributed by atoms with Crippen LogP contribution in [-0.2, 0) is 0 Å². The third-order valence-electron chi connectivity index (χ3n) is 2.61. The number of halogens is 3. The number of benzene rings is 2. The van der Waals surface area contributed by atoms with Crippen LogP contribution in [-0.4, -0.2) is 7.11 Å². The van der Waals surface area contributed by atoms with E-state index in [9.17, 15) is 4.39 Å². The molecule has 0 aliphatic heterocycles. The van der Waals surface area contributed by atoms with Gasteiger partial charge in [0, 0.05) is 16.2 Å². The van der Waals surface area contributed by atoms with Crippen LogP contribution in [0.4, 0.5) is 15.8 Å². The lowest BCUT2D eigenvalue weighted by atomic mass is 10.2. The lowest BCUT2D eigenvalue weighted by Gasteiger charge is -2.12. The number of ether oxygens (including phenoxy) is 1. The molecule has 2 rings (SSSR count). The minimum absolute atomic E-state index is 0.0167. The molecule has 0 atom stereocenters. The summed E-state index contributed by atoms with van der Waals surface area (Å²) in [5.74, 6) is 0.0996. The lowest BCUT2D eigenvalue weighted by Crippen LogP contribution is -1.95. The van der Waals surface area contributed by atoms with E-state index in [1.54, 1.807) is 25.3 Å². The fourth-order valence-corrected chi connectivity index (χ4v) is 2.88. The Morgan fingerprint density at radius 3 is 2.55 bits per heavy atom. The summed E-state index contributed by atoms with van der Waals surface area (Å²) in [7, 11) is 1.57. The Bertz CT molecular complexity index is 698. The van der Waals surface area contributed by atoms with Crippen LogP contribution in [0.2, 0.25) is 0 Å². The van der Waals surface area contributed by atoms with Crippen LogP contribution in [0.1, 0.15) is 5.56 Å². The number of nitriles is 1. The van der Waals surface area contributed by atoms with Crippen LogP contribution in [0.25, 0.3) is 0 Å². The zero-order valence-corrected chi connectivity index (χ0v) is 13.5. The number of rotatable bonds is 3. The van der Waals surface area contributed by atoms with Crippen molar-refractivity contribution in [1.29, 1.82) is 5.26 Å². The van der Waals surface area contributed by atoms with Crippen LogP contribution in [0, 0.1) is 17.1 Å². The van der Waals surface area contributed by atoms with Crippen LogP contribution in [0.3, 0.4) is 0 Å². The molecule has 0 fully saturated rings. The average Bonchev–Trinajstić information content (AvgIpc) is 2.42. The Morgan fingerprint density at radius 1 is 1.20 bits per heavy atom. The van der Waals surface area contributed by atoms with E-state index in [1.807, 2.05) is 6.07 Å². The standard InChI is InChI=1S/C14H9Br2FN2O/c1-20-14-6-13(10(15)5-11(14)16)19-9-3-2-8(7-18)12(17)4-9/h2-6,19H,1H3. The van der Waals surface area contributed by atoms with Gasteiger partial charge in [0.1, 0.15) is 17.6 Å². The number of hydrogen-bond acceptors (Lipinski definition) is 3. The summed E-state index contributed by atoms with van der Waals surface area (Å²) < 4.78 is 20.4. The van der Waals surface area contributed by atoms with Crippen LogP contribution < -0.4 is 10.1 Å². The summed E-state index contributed by atoms with van der Waals surface area (Å²) in [6, 6.07) is 9.75. The molecular weight excluding hydrogens is 391 g/mol. The molecular formula is C14H9Br2FN2O. The number of anilines is 2. The van der Waals surface area contributed by atoms with Gasteiger partial charge in [0.15, 0.2) is 0 Å². The molecule has 0 heterocycles. The molecule has 0 spiro atoms. The smallest absolute Gasteiger partial charge is 0.143 e. The van der Waals surface area contributed by atoms with E-state index in [2.05, 4.69) is 37.2 Å². The Morgan fingerprint density at radius 2 is 1.95 bits per heavy atom. The lowest BCUT2D eigenvalue weighted by molar-refractivity contribution is 0.412. The monoisotopic (exact) mass is 398 g/mol. The molecule has 0 saturated carbocycles.